The van der Waals surface area contributed by atoms with Crippen LogP contribution in [-0.4, -0.2) is 11.3 Å². The SMILES string of the molecule is CC(C)(C)c1ccc(-c2cc(C(C)(C)C)cc(-c3ccc(C(C)(C)C)cc3)c2N2c3cc(-c4cc(C(C)(C)C)cc(C(C)(C)C)c4)ccc3B3c4ccc(-n5c6ccc7cccc8c9cccc%10ccc5c(c%109)c6c78)cc4N(c4c(-c5ccc(C(C)(C)C)cc5)cc(C(C)(C)C)cc4-c4ccc(C(C)(C)C)cc4)c4cc(C(C)(C)C)cc2c43)cc1. The molecule has 2 aliphatic heterocycles. The summed E-state index contributed by atoms with van der Waals surface area (Å²) >= 11 is 0. The molecule has 16 aromatic rings. The number of anilines is 6. The van der Waals surface area contributed by atoms with Gasteiger partial charge in [-0.05, 0) is 248 Å². The van der Waals surface area contributed by atoms with Crippen LogP contribution in [0.2, 0.25) is 0 Å². The molecule has 1 aromatic heterocycles. The predicted octanol–water partition coefficient (Wildman–Crippen LogP) is 31.2. The topological polar surface area (TPSA) is 11.4 Å². The number of hydrogen-bond acceptors (Lipinski definition) is 2. The van der Waals surface area contributed by atoms with E-state index in [1.54, 1.807) is 0 Å². The first-order valence-electron chi connectivity index (χ1n) is 44.1. The Hall–Kier alpha value is -10.9. The van der Waals surface area contributed by atoms with Crippen LogP contribution in [0.3, 0.4) is 0 Å². The molecule has 0 unspecified atom stereocenters. The predicted molar refractivity (Wildman–Crippen MR) is 525 cm³/mol. The van der Waals surface area contributed by atoms with Crippen molar-refractivity contribution < 1.29 is 0 Å². The monoisotopic (exact) mass is 1570 g/mol. The third-order valence-electron chi connectivity index (χ3n) is 26.9. The molecule has 0 spiro atoms. The van der Waals surface area contributed by atoms with Crippen LogP contribution in [-0.2, 0) is 48.7 Å². The van der Waals surface area contributed by atoms with E-state index < -0.39 is 0 Å². The molecule has 18 rings (SSSR count). The smallest absolute Gasteiger partial charge is 0.252 e. The zero-order valence-electron chi connectivity index (χ0n) is 76.6. The first-order valence-corrected chi connectivity index (χ1v) is 44.1. The molecule has 2 aliphatic rings. The Morgan fingerprint density at radius 2 is 0.517 bits per heavy atom. The molecule has 0 bridgehead atoms. The lowest BCUT2D eigenvalue weighted by Gasteiger charge is -2.47. The third-order valence-corrected chi connectivity index (χ3v) is 26.9. The van der Waals surface area contributed by atoms with E-state index in [9.17, 15) is 0 Å². The van der Waals surface area contributed by atoms with Gasteiger partial charge in [-0.1, -0.05) is 369 Å². The van der Waals surface area contributed by atoms with Gasteiger partial charge in [-0.3, -0.25) is 0 Å². The number of fused-ring (bicyclic) bond motifs is 5. The van der Waals surface area contributed by atoms with Crippen LogP contribution < -0.4 is 26.2 Å². The standard InChI is InChI=1S/C116H122BN3/c1-108(2,3)77-45-34-69(35-46-77)89-62-83(114(19,20)21)63-90(70-36-47-78(48-37-70)109(4,5)6)106(89)119-97-60-75(76-58-81(112(13,14)15)61-82(59-76)113(16,17)18)42-54-93(97)117-94-55-53-86(118-95-56-43-73-30-28-32-87-88-33-29-31-74-44-57-96(118)104(102(74)88)103(95)101(73)87)68-98(94)120(100-67-85(116(25,26)27)66-99(119)105(100)117)107-91(71-38-49-79(50-39-71)110(7,8)9)64-84(115(22,23)24)65-92(107)72-40-51-80(52-41-72)111(10,11)12/h28-68H,1-27H3. The molecule has 0 amide bonds. The average Bonchev–Trinajstić information content (AvgIpc) is 0.877. The van der Waals surface area contributed by atoms with Crippen LogP contribution in [0.4, 0.5) is 34.1 Å². The Morgan fingerprint density at radius 1 is 0.217 bits per heavy atom. The van der Waals surface area contributed by atoms with Crippen LogP contribution in [0.25, 0.3) is 115 Å². The lowest BCUT2D eigenvalue weighted by atomic mass is 9.33. The van der Waals surface area contributed by atoms with Crippen molar-refractivity contribution in [3.8, 4) is 61.3 Å². The van der Waals surface area contributed by atoms with Crippen molar-refractivity contribution in [2.45, 2.75) is 236 Å². The minimum atomic E-state index is -0.363. The Kier molecular flexibility index (Phi) is 18.2. The fourth-order valence-corrected chi connectivity index (χ4v) is 19.4. The molecule has 4 heteroatoms. The second kappa shape index (κ2) is 27.3. The van der Waals surface area contributed by atoms with Gasteiger partial charge in [0.25, 0.3) is 6.71 Å². The zero-order valence-corrected chi connectivity index (χ0v) is 76.6. The summed E-state index contributed by atoms with van der Waals surface area (Å²) in [5, 5.41) is 10.4. The minimum Gasteiger partial charge on any atom is -0.310 e. The van der Waals surface area contributed by atoms with Gasteiger partial charge in [0.1, 0.15) is 0 Å². The van der Waals surface area contributed by atoms with Crippen molar-refractivity contribution in [1.29, 1.82) is 0 Å². The van der Waals surface area contributed by atoms with Crippen molar-refractivity contribution in [3.05, 3.63) is 299 Å². The van der Waals surface area contributed by atoms with E-state index in [0.29, 0.717) is 0 Å². The van der Waals surface area contributed by atoms with Crippen molar-refractivity contribution in [3.63, 3.8) is 0 Å². The summed E-state index contributed by atoms with van der Waals surface area (Å²) in [6, 6.07) is 101. The molecule has 0 fully saturated rings. The maximum Gasteiger partial charge on any atom is 0.252 e. The Morgan fingerprint density at radius 3 is 0.850 bits per heavy atom. The van der Waals surface area contributed by atoms with Crippen molar-refractivity contribution in [1.82, 2.24) is 4.57 Å². The summed E-state index contributed by atoms with van der Waals surface area (Å²) in [4.78, 5) is 5.62. The van der Waals surface area contributed by atoms with Crippen LogP contribution in [0.5, 0.6) is 0 Å². The Balaban J connectivity index is 1.05. The number of aromatic nitrogens is 1. The highest BCUT2D eigenvalue weighted by Gasteiger charge is 2.47. The fraction of sp³-hybridized carbons (Fsp3) is 0.310. The molecule has 0 radical (unpaired) electrons. The van der Waals surface area contributed by atoms with Gasteiger partial charge in [0.05, 0.1) is 22.4 Å². The second-order valence-corrected chi connectivity index (χ2v) is 44.8. The lowest BCUT2D eigenvalue weighted by Crippen LogP contribution is -2.61. The quantitative estimate of drug-likeness (QED) is 0.0853. The van der Waals surface area contributed by atoms with E-state index in [1.807, 2.05) is 0 Å². The third kappa shape index (κ3) is 13.5. The molecule has 3 nitrogen and oxygen atoms in total. The van der Waals surface area contributed by atoms with E-state index in [2.05, 4.69) is 450 Å². The molecule has 3 heterocycles. The highest BCUT2D eigenvalue weighted by Crippen LogP contribution is 2.58. The summed E-state index contributed by atoms with van der Waals surface area (Å²) in [5.41, 5.74) is 36.6. The van der Waals surface area contributed by atoms with Gasteiger partial charge >= 0.3 is 0 Å². The summed E-state index contributed by atoms with van der Waals surface area (Å²) in [7, 11) is 0. The van der Waals surface area contributed by atoms with Gasteiger partial charge < -0.3 is 14.4 Å². The molecule has 15 aromatic carbocycles. The van der Waals surface area contributed by atoms with Crippen molar-refractivity contribution in [2.75, 3.05) is 9.80 Å². The van der Waals surface area contributed by atoms with E-state index >= 15 is 0 Å². The number of nitrogens with zero attached hydrogens (tertiary/aromatic N) is 3. The van der Waals surface area contributed by atoms with Crippen molar-refractivity contribution in [2.24, 2.45) is 0 Å². The number of hydrogen-bond donors (Lipinski definition) is 0. The van der Waals surface area contributed by atoms with E-state index in [4.69, 9.17) is 0 Å². The van der Waals surface area contributed by atoms with Crippen LogP contribution in [0.1, 0.15) is 237 Å². The van der Waals surface area contributed by atoms with Crippen LogP contribution in [0.15, 0.2) is 249 Å². The summed E-state index contributed by atoms with van der Waals surface area (Å²) in [6.07, 6.45) is 0. The normalized spacial score (nSPS) is 13.9. The molecule has 604 valence electrons. The zero-order chi connectivity index (χ0) is 85.3. The molecular formula is C116H122BN3. The molecule has 0 atom stereocenters. The fourth-order valence-electron chi connectivity index (χ4n) is 19.4. The molecule has 0 saturated heterocycles. The maximum atomic E-state index is 2.81. The molecule has 0 saturated carbocycles. The second-order valence-electron chi connectivity index (χ2n) is 44.8. The largest absolute Gasteiger partial charge is 0.310 e. The van der Waals surface area contributed by atoms with Gasteiger partial charge in [0, 0.05) is 61.5 Å². The summed E-state index contributed by atoms with van der Waals surface area (Å²) < 4.78 is 2.63. The average molecular weight is 1570 g/mol. The van der Waals surface area contributed by atoms with E-state index in [0.717, 1.165) is 22.7 Å². The molecule has 120 heavy (non-hydrogen) atoms. The molecule has 0 N–H and O–H groups in total. The van der Waals surface area contributed by atoms with E-state index in [1.165, 1.54) is 193 Å². The minimum absolute atomic E-state index is 0.0637. The van der Waals surface area contributed by atoms with E-state index in [-0.39, 0.29) is 55.4 Å². The number of benzene rings is 15. The van der Waals surface area contributed by atoms with Crippen LogP contribution >= 0.6 is 0 Å². The summed E-state index contributed by atoms with van der Waals surface area (Å²) in [6.45, 7) is 63.8. The number of rotatable bonds is 8. The van der Waals surface area contributed by atoms with Gasteiger partial charge in [-0.2, -0.15) is 0 Å². The van der Waals surface area contributed by atoms with Gasteiger partial charge in [-0.15, -0.1) is 0 Å². The van der Waals surface area contributed by atoms with Crippen molar-refractivity contribution >= 4 is 111 Å². The highest BCUT2D eigenvalue weighted by molar-refractivity contribution is 7.00. The van der Waals surface area contributed by atoms with Gasteiger partial charge in [-0.25, -0.2) is 0 Å². The Labute approximate surface area is 716 Å². The first kappa shape index (κ1) is 80.1. The maximum absolute atomic E-state index is 2.81. The molecule has 0 aliphatic carbocycles. The van der Waals surface area contributed by atoms with Gasteiger partial charge in [0.15, 0.2) is 0 Å². The highest BCUT2D eigenvalue weighted by atomic mass is 15.2. The Bertz CT molecular complexity index is 6480. The molecular weight excluding hydrogens is 1450 g/mol. The van der Waals surface area contributed by atoms with Gasteiger partial charge in [0.2, 0.25) is 0 Å². The first-order chi connectivity index (χ1) is 56.2. The summed E-state index contributed by atoms with van der Waals surface area (Å²) in [5.74, 6) is 0. The van der Waals surface area contributed by atoms with Crippen LogP contribution in [0, 0.1) is 0 Å². The lowest BCUT2D eigenvalue weighted by molar-refractivity contribution is 0.569.